The van der Waals surface area contributed by atoms with Gasteiger partial charge in [0.15, 0.2) is 17.2 Å². The number of alkyl halides is 3. The van der Waals surface area contributed by atoms with Crippen LogP contribution < -0.4 is 14.2 Å². The lowest BCUT2D eigenvalue weighted by Gasteiger charge is -2.15. The van der Waals surface area contributed by atoms with Crippen molar-refractivity contribution in [2.45, 2.75) is 26.6 Å². The standard InChI is InChI=1S/C23H17F3INO5/c1-13-19(21(32-22(29)30-3)20(27)14(2)28-13)12-15-4-6-16(7-5-15)31-17-8-10-18(11-9-17)33-23(24,25)26/h4-8,10H,12H2,1-3H3. The summed E-state index contributed by atoms with van der Waals surface area (Å²) >= 11 is 2.07. The van der Waals surface area contributed by atoms with Crippen LogP contribution in [0.15, 0.2) is 36.4 Å². The van der Waals surface area contributed by atoms with Crippen molar-refractivity contribution in [2.75, 3.05) is 7.11 Å². The van der Waals surface area contributed by atoms with E-state index in [0.717, 1.165) is 28.6 Å². The van der Waals surface area contributed by atoms with E-state index in [2.05, 4.69) is 49.2 Å². The van der Waals surface area contributed by atoms with Crippen LogP contribution in [0.4, 0.5) is 18.0 Å². The van der Waals surface area contributed by atoms with Crippen LogP contribution in [0.25, 0.3) is 0 Å². The molecule has 0 N–H and O–H groups in total. The Balaban J connectivity index is 1.75. The summed E-state index contributed by atoms with van der Waals surface area (Å²) < 4.78 is 56.8. The van der Waals surface area contributed by atoms with Crippen molar-refractivity contribution < 1.29 is 36.9 Å². The second kappa shape index (κ2) is 10.2. The average molecular weight is 571 g/mol. The lowest BCUT2D eigenvalue weighted by molar-refractivity contribution is -0.274. The molecule has 0 saturated carbocycles. The summed E-state index contributed by atoms with van der Waals surface area (Å²) in [6.45, 7) is 3.66. The van der Waals surface area contributed by atoms with E-state index in [4.69, 9.17) is 9.47 Å². The number of aryl methyl sites for hydroxylation is 2. The van der Waals surface area contributed by atoms with Gasteiger partial charge in [0, 0.05) is 17.7 Å². The maximum absolute atomic E-state index is 12.2. The van der Waals surface area contributed by atoms with E-state index < -0.39 is 18.3 Å². The highest BCUT2D eigenvalue weighted by atomic mass is 127. The van der Waals surface area contributed by atoms with Crippen molar-refractivity contribution in [3.05, 3.63) is 74.6 Å². The van der Waals surface area contributed by atoms with E-state index in [1.54, 1.807) is 12.1 Å². The first-order valence-corrected chi connectivity index (χ1v) is 10.5. The smallest absolute Gasteiger partial charge is 0.448 e. The van der Waals surface area contributed by atoms with Gasteiger partial charge in [-0.3, -0.25) is 4.98 Å². The molecule has 0 spiro atoms. The molecule has 1 heterocycles. The normalized spacial score (nSPS) is 10.9. The van der Waals surface area contributed by atoms with Gasteiger partial charge in [-0.1, -0.05) is 12.1 Å². The van der Waals surface area contributed by atoms with Crippen LogP contribution in [0.3, 0.4) is 0 Å². The van der Waals surface area contributed by atoms with Crippen LogP contribution in [0.2, 0.25) is 0 Å². The highest BCUT2D eigenvalue weighted by Gasteiger charge is 2.31. The fourth-order valence-corrected chi connectivity index (χ4v) is 3.43. The topological polar surface area (TPSA) is 66.9 Å². The Bertz CT molecular complexity index is 1130. The molecule has 0 unspecified atom stereocenters. The van der Waals surface area contributed by atoms with Gasteiger partial charge in [0.2, 0.25) is 0 Å². The zero-order chi connectivity index (χ0) is 24.2. The minimum atomic E-state index is -4.80. The molecule has 10 heteroatoms. The van der Waals surface area contributed by atoms with Crippen LogP contribution in [-0.2, 0) is 11.2 Å². The first kappa shape index (κ1) is 24.4. The van der Waals surface area contributed by atoms with Crippen molar-refractivity contribution in [1.82, 2.24) is 4.98 Å². The molecule has 3 aromatic rings. The van der Waals surface area contributed by atoms with Crippen molar-refractivity contribution in [1.29, 1.82) is 0 Å². The van der Waals surface area contributed by atoms with Crippen LogP contribution in [0, 0.1) is 29.6 Å². The van der Waals surface area contributed by atoms with Gasteiger partial charge in [0.25, 0.3) is 0 Å². The second-order valence-corrected chi connectivity index (χ2v) is 7.82. The molecule has 0 saturated heterocycles. The lowest BCUT2D eigenvalue weighted by atomic mass is 10.0. The number of nitrogens with zero attached hydrogens (tertiary/aromatic N) is 1. The minimum Gasteiger partial charge on any atom is -0.448 e. The SMILES string of the molecule is COC(=O)Oc1c(I)c(C)nc(C)c1Cc1ccc(Oc2c#cc(OC(F)(F)F)cc2)cc1. The van der Waals surface area contributed by atoms with Crippen molar-refractivity contribution in [3.63, 3.8) is 0 Å². The third-order valence-corrected chi connectivity index (χ3v) is 5.64. The number of hydrogen-bond acceptors (Lipinski definition) is 6. The molecule has 0 fully saturated rings. The molecule has 0 bridgehead atoms. The lowest BCUT2D eigenvalue weighted by Crippen LogP contribution is -2.16. The molecule has 0 atom stereocenters. The van der Waals surface area contributed by atoms with Gasteiger partial charge in [-0.15, -0.1) is 13.2 Å². The first-order valence-electron chi connectivity index (χ1n) is 9.43. The van der Waals surface area contributed by atoms with Crippen molar-refractivity contribution >= 4 is 28.7 Å². The first-order chi connectivity index (χ1) is 15.6. The third kappa shape index (κ3) is 6.64. The molecule has 0 aliphatic carbocycles. The van der Waals surface area contributed by atoms with Gasteiger partial charge in [0.05, 0.1) is 16.4 Å². The van der Waals surface area contributed by atoms with Crippen LogP contribution in [0.1, 0.15) is 22.5 Å². The molecule has 1 aromatic heterocycles. The average Bonchev–Trinajstić information content (AvgIpc) is 2.76. The molecule has 0 aliphatic heterocycles. The molecule has 6 nitrogen and oxygen atoms in total. The molecule has 172 valence electrons. The number of carbonyl (C=O) groups excluding carboxylic acids is 1. The fraction of sp³-hybridized carbons (Fsp3) is 0.217. The van der Waals surface area contributed by atoms with Gasteiger partial charge >= 0.3 is 12.5 Å². The monoisotopic (exact) mass is 571 g/mol. The Hall–Kier alpha value is -3.20. The van der Waals surface area contributed by atoms with E-state index >= 15 is 0 Å². The van der Waals surface area contributed by atoms with Gasteiger partial charge in [-0.2, -0.15) is 0 Å². The number of carbonyl (C=O) groups is 1. The Morgan fingerprint density at radius 2 is 1.67 bits per heavy atom. The predicted octanol–water partition coefficient (Wildman–Crippen LogP) is 6.33. The van der Waals surface area contributed by atoms with E-state index in [1.165, 1.54) is 13.2 Å². The fourth-order valence-electron chi connectivity index (χ4n) is 2.88. The molecule has 2 aromatic carbocycles. The summed E-state index contributed by atoms with van der Waals surface area (Å²) in [6, 6.07) is 14.1. The third-order valence-electron chi connectivity index (χ3n) is 4.37. The Kier molecular flexibility index (Phi) is 7.53. The van der Waals surface area contributed by atoms with Gasteiger partial charge < -0.3 is 18.9 Å². The summed E-state index contributed by atoms with van der Waals surface area (Å²) in [6.07, 6.45) is -5.18. The summed E-state index contributed by atoms with van der Waals surface area (Å²) in [5, 5.41) is 0. The van der Waals surface area contributed by atoms with Gasteiger partial charge in [-0.25, -0.2) is 4.79 Å². The van der Waals surface area contributed by atoms with Crippen molar-refractivity contribution in [2.24, 2.45) is 0 Å². The zero-order valence-electron chi connectivity index (χ0n) is 17.7. The molecule has 33 heavy (non-hydrogen) atoms. The Morgan fingerprint density at radius 1 is 1.03 bits per heavy atom. The quantitative estimate of drug-likeness (QED) is 0.255. The molecule has 0 amide bonds. The number of ether oxygens (including phenoxy) is 4. The van der Waals surface area contributed by atoms with Crippen LogP contribution in [-0.4, -0.2) is 24.6 Å². The molecular weight excluding hydrogens is 554 g/mol. The van der Waals surface area contributed by atoms with Crippen LogP contribution >= 0.6 is 22.6 Å². The largest absolute Gasteiger partial charge is 0.573 e. The maximum atomic E-state index is 12.2. The number of methoxy groups -OCH3 is 1. The van der Waals surface area contributed by atoms with Crippen molar-refractivity contribution in [3.8, 4) is 23.0 Å². The number of aromatic nitrogens is 1. The highest BCUT2D eigenvalue weighted by Crippen LogP contribution is 2.32. The number of halogens is 4. The number of hydrogen-bond donors (Lipinski definition) is 0. The highest BCUT2D eigenvalue weighted by molar-refractivity contribution is 14.1. The minimum absolute atomic E-state index is 0.180. The van der Waals surface area contributed by atoms with Gasteiger partial charge in [0.1, 0.15) is 5.75 Å². The molecule has 0 radical (unpaired) electrons. The number of pyridine rings is 1. The number of benzene rings is 1. The van der Waals surface area contributed by atoms with Gasteiger partial charge in [-0.05, 0) is 78.4 Å². The Morgan fingerprint density at radius 3 is 2.24 bits per heavy atom. The summed E-state index contributed by atoms with van der Waals surface area (Å²) in [5.74, 6) is 0.525. The summed E-state index contributed by atoms with van der Waals surface area (Å²) in [4.78, 5) is 16.2. The number of rotatable bonds is 6. The predicted molar refractivity (Wildman–Crippen MR) is 120 cm³/mol. The molecular formula is C23H17F3INO5. The maximum Gasteiger partial charge on any atom is 0.573 e. The van der Waals surface area contributed by atoms with E-state index in [-0.39, 0.29) is 5.75 Å². The van der Waals surface area contributed by atoms with E-state index in [1.807, 2.05) is 26.0 Å². The molecule has 0 aliphatic rings. The van der Waals surface area contributed by atoms with E-state index in [9.17, 15) is 18.0 Å². The molecule has 3 rings (SSSR count). The van der Waals surface area contributed by atoms with Crippen LogP contribution in [0.5, 0.6) is 23.0 Å². The Labute approximate surface area is 201 Å². The van der Waals surface area contributed by atoms with E-state index in [0.29, 0.717) is 21.5 Å². The second-order valence-electron chi connectivity index (χ2n) is 6.74. The zero-order valence-corrected chi connectivity index (χ0v) is 19.8. The summed E-state index contributed by atoms with van der Waals surface area (Å²) in [7, 11) is 1.24. The summed E-state index contributed by atoms with van der Waals surface area (Å²) in [5.41, 5.74) is 3.09.